The van der Waals surface area contributed by atoms with Crippen LogP contribution in [0.2, 0.25) is 0 Å². The van der Waals surface area contributed by atoms with E-state index in [4.69, 9.17) is 0 Å². The molecule has 0 saturated carbocycles. The third kappa shape index (κ3) is 2.67. The summed E-state index contributed by atoms with van der Waals surface area (Å²) in [4.78, 5) is 33.1. The quantitative estimate of drug-likeness (QED) is 0.577. The van der Waals surface area contributed by atoms with E-state index in [0.717, 1.165) is 23.2 Å². The fourth-order valence-electron chi connectivity index (χ4n) is 3.71. The van der Waals surface area contributed by atoms with E-state index in [1.54, 1.807) is 28.2 Å². The molecule has 1 aliphatic heterocycles. The number of benzene rings is 1. The summed E-state index contributed by atoms with van der Waals surface area (Å²) in [5.41, 5.74) is 3.43. The number of aromatic amines is 1. The molecule has 7 heteroatoms. The van der Waals surface area contributed by atoms with E-state index in [0.29, 0.717) is 17.8 Å². The fourth-order valence-corrected chi connectivity index (χ4v) is 4.49. The minimum atomic E-state index is -0.237. The Hall–Kier alpha value is -3.19. The maximum Gasteiger partial charge on any atom is 0.332 e. The number of H-pyrrole nitrogens is 1. The van der Waals surface area contributed by atoms with E-state index in [-0.39, 0.29) is 17.5 Å². The molecule has 4 heterocycles. The van der Waals surface area contributed by atoms with Crippen LogP contribution in [0.15, 0.2) is 58.8 Å². The molecule has 0 bridgehead atoms. The van der Waals surface area contributed by atoms with Gasteiger partial charge >= 0.3 is 5.69 Å². The van der Waals surface area contributed by atoms with Gasteiger partial charge in [-0.05, 0) is 53.8 Å². The summed E-state index contributed by atoms with van der Waals surface area (Å²) in [6.45, 7) is 0.595. The van der Waals surface area contributed by atoms with E-state index in [1.165, 1.54) is 4.88 Å². The largest absolute Gasteiger partial charge is 0.351 e. The van der Waals surface area contributed by atoms with E-state index < -0.39 is 0 Å². The topological polar surface area (TPSA) is 79.8 Å². The lowest BCUT2D eigenvalue weighted by atomic mass is 9.87. The van der Waals surface area contributed by atoms with Crippen LogP contribution >= 0.6 is 11.3 Å². The maximum atomic E-state index is 12.5. The minimum absolute atomic E-state index is 0.0630. The van der Waals surface area contributed by atoms with Crippen molar-refractivity contribution in [1.29, 1.82) is 0 Å². The van der Waals surface area contributed by atoms with Crippen molar-refractivity contribution in [2.75, 3.05) is 6.54 Å². The third-order valence-electron chi connectivity index (χ3n) is 4.97. The molecule has 0 spiro atoms. The number of aromatic nitrogens is 3. The van der Waals surface area contributed by atoms with Gasteiger partial charge in [-0.25, -0.2) is 9.78 Å². The summed E-state index contributed by atoms with van der Waals surface area (Å²) in [6.07, 6.45) is 2.51. The number of carbonyl (C=O) groups is 1. The summed E-state index contributed by atoms with van der Waals surface area (Å²) in [5, 5.41) is 5.04. The van der Waals surface area contributed by atoms with Gasteiger partial charge in [0.1, 0.15) is 0 Å². The number of nitrogens with zero attached hydrogens (tertiary/aromatic N) is 2. The highest BCUT2D eigenvalue weighted by Crippen LogP contribution is 2.30. The number of rotatable bonds is 3. The Morgan fingerprint density at radius 1 is 1.19 bits per heavy atom. The number of hydrogen-bond donors (Lipinski definition) is 2. The normalized spacial score (nSPS) is 16.3. The molecular weight excluding hydrogens is 360 g/mol. The number of nitrogens with one attached hydrogen (secondary N) is 2. The molecule has 134 valence electrons. The second-order valence-corrected chi connectivity index (χ2v) is 7.63. The van der Waals surface area contributed by atoms with Crippen molar-refractivity contribution >= 4 is 28.4 Å². The molecule has 0 fully saturated rings. The van der Waals surface area contributed by atoms with E-state index in [2.05, 4.69) is 26.7 Å². The highest BCUT2D eigenvalue weighted by atomic mass is 32.1. The molecule has 1 amide bonds. The lowest BCUT2D eigenvalue weighted by Gasteiger charge is -2.26. The van der Waals surface area contributed by atoms with Crippen LogP contribution in [0.3, 0.4) is 0 Å². The summed E-state index contributed by atoms with van der Waals surface area (Å²) in [5.74, 6) is 0.113. The zero-order valence-corrected chi connectivity index (χ0v) is 15.1. The van der Waals surface area contributed by atoms with Crippen molar-refractivity contribution in [2.24, 2.45) is 0 Å². The first-order valence-corrected chi connectivity index (χ1v) is 9.59. The zero-order valence-electron chi connectivity index (χ0n) is 14.3. The number of hydrogen-bond acceptors (Lipinski definition) is 4. The van der Waals surface area contributed by atoms with Crippen molar-refractivity contribution in [1.82, 2.24) is 19.9 Å². The predicted octanol–water partition coefficient (Wildman–Crippen LogP) is 2.85. The van der Waals surface area contributed by atoms with Gasteiger partial charge in [-0.15, -0.1) is 11.3 Å². The van der Waals surface area contributed by atoms with Crippen molar-refractivity contribution < 1.29 is 4.79 Å². The van der Waals surface area contributed by atoms with Gasteiger partial charge in [0, 0.05) is 29.1 Å². The second kappa shape index (κ2) is 6.21. The number of thiophene rings is 1. The first-order chi connectivity index (χ1) is 13.2. The monoisotopic (exact) mass is 376 g/mol. The Morgan fingerprint density at radius 3 is 2.96 bits per heavy atom. The van der Waals surface area contributed by atoms with Gasteiger partial charge in [-0.2, -0.15) is 0 Å². The van der Waals surface area contributed by atoms with Gasteiger partial charge in [0.05, 0.1) is 11.2 Å². The van der Waals surface area contributed by atoms with Crippen LogP contribution in [0.4, 0.5) is 0 Å². The van der Waals surface area contributed by atoms with Crippen molar-refractivity contribution in [3.8, 4) is 5.69 Å². The molecule has 1 aromatic carbocycles. The molecule has 0 aliphatic carbocycles. The molecular formula is C20H16N4O2S. The predicted molar refractivity (Wildman–Crippen MR) is 105 cm³/mol. The lowest BCUT2D eigenvalue weighted by molar-refractivity contribution is 0.0940. The Kier molecular flexibility index (Phi) is 3.68. The SMILES string of the molecule is O=C1NCC(Cc2cccs2)c2cc(-n3c(=O)[nH]c4ncccc43)ccc21. The van der Waals surface area contributed by atoms with Crippen molar-refractivity contribution in [3.63, 3.8) is 0 Å². The molecule has 27 heavy (non-hydrogen) atoms. The number of imidazole rings is 1. The van der Waals surface area contributed by atoms with Gasteiger partial charge in [0.15, 0.2) is 5.65 Å². The Labute approximate surface area is 158 Å². The van der Waals surface area contributed by atoms with Gasteiger partial charge < -0.3 is 5.32 Å². The highest BCUT2D eigenvalue weighted by Gasteiger charge is 2.26. The molecule has 2 N–H and O–H groups in total. The summed E-state index contributed by atoms with van der Waals surface area (Å²) in [6, 6.07) is 13.4. The van der Waals surface area contributed by atoms with Gasteiger partial charge in [-0.3, -0.25) is 14.3 Å². The van der Waals surface area contributed by atoms with E-state index in [1.807, 2.05) is 30.3 Å². The number of amides is 1. The van der Waals surface area contributed by atoms with Crippen molar-refractivity contribution in [3.05, 3.63) is 80.5 Å². The standard InChI is InChI=1S/C20H16N4O2S/c25-19-15-6-5-13(24-17-4-1-7-21-18(17)23-20(24)26)10-16(15)12(11-22-19)9-14-3-2-8-27-14/h1-8,10,12H,9,11H2,(H,22,25)(H,21,23,26). The first-order valence-electron chi connectivity index (χ1n) is 8.71. The average molecular weight is 376 g/mol. The molecule has 5 rings (SSSR count). The smallest absolute Gasteiger partial charge is 0.332 e. The highest BCUT2D eigenvalue weighted by molar-refractivity contribution is 7.09. The average Bonchev–Trinajstić information content (AvgIpc) is 3.30. The maximum absolute atomic E-state index is 12.5. The van der Waals surface area contributed by atoms with Crippen LogP contribution in [0.25, 0.3) is 16.9 Å². The van der Waals surface area contributed by atoms with Gasteiger partial charge in [0.25, 0.3) is 5.91 Å². The summed E-state index contributed by atoms with van der Waals surface area (Å²) >= 11 is 1.72. The van der Waals surface area contributed by atoms with E-state index >= 15 is 0 Å². The summed E-state index contributed by atoms with van der Waals surface area (Å²) in [7, 11) is 0. The molecule has 4 aromatic rings. The molecule has 3 aromatic heterocycles. The summed E-state index contributed by atoms with van der Waals surface area (Å²) < 4.78 is 1.61. The molecule has 6 nitrogen and oxygen atoms in total. The first kappa shape index (κ1) is 16.0. The Bertz CT molecular complexity index is 1210. The molecule has 1 unspecified atom stereocenters. The van der Waals surface area contributed by atoms with Crippen LogP contribution in [0, 0.1) is 0 Å². The minimum Gasteiger partial charge on any atom is -0.351 e. The fraction of sp³-hybridized carbons (Fsp3) is 0.150. The van der Waals surface area contributed by atoms with E-state index in [9.17, 15) is 9.59 Å². The van der Waals surface area contributed by atoms with Crippen LogP contribution in [-0.4, -0.2) is 27.0 Å². The van der Waals surface area contributed by atoms with Crippen LogP contribution < -0.4 is 11.0 Å². The van der Waals surface area contributed by atoms with Crippen molar-refractivity contribution in [2.45, 2.75) is 12.3 Å². The van der Waals surface area contributed by atoms with Crippen LogP contribution in [0.5, 0.6) is 0 Å². The molecule has 0 saturated heterocycles. The Morgan fingerprint density at radius 2 is 2.11 bits per heavy atom. The van der Waals surface area contributed by atoms with Gasteiger partial charge in [0.2, 0.25) is 0 Å². The molecule has 0 radical (unpaired) electrons. The number of fused-ring (bicyclic) bond motifs is 2. The van der Waals surface area contributed by atoms with Crippen LogP contribution in [-0.2, 0) is 6.42 Å². The Balaban J connectivity index is 1.65. The number of pyridine rings is 1. The third-order valence-corrected chi connectivity index (χ3v) is 5.87. The molecule has 1 atom stereocenters. The zero-order chi connectivity index (χ0) is 18.4. The molecule has 1 aliphatic rings. The van der Waals surface area contributed by atoms with Crippen LogP contribution in [0.1, 0.15) is 26.7 Å². The van der Waals surface area contributed by atoms with Gasteiger partial charge in [-0.1, -0.05) is 6.07 Å². The lowest BCUT2D eigenvalue weighted by Crippen LogP contribution is -2.36. The number of carbonyl (C=O) groups excluding carboxylic acids is 1. The second-order valence-electron chi connectivity index (χ2n) is 6.60.